The van der Waals surface area contributed by atoms with Crippen molar-refractivity contribution in [3.63, 3.8) is 0 Å². The van der Waals surface area contributed by atoms with Crippen LogP contribution in [-0.2, 0) is 39.7 Å². The number of carbonyl (C=O) groups excluding carboxylic acids is 6. The summed E-state index contributed by atoms with van der Waals surface area (Å²) >= 11 is 2.68. The Balaban J connectivity index is 0.000000154. The second-order valence-corrected chi connectivity index (χ2v) is 18.7. The van der Waals surface area contributed by atoms with E-state index in [-0.39, 0.29) is 49.7 Å². The van der Waals surface area contributed by atoms with Gasteiger partial charge in [-0.15, -0.1) is 23.5 Å². The third-order valence-corrected chi connectivity index (χ3v) is 16.3. The van der Waals surface area contributed by atoms with Gasteiger partial charge in [0.15, 0.2) is 22.6 Å². The lowest BCUT2D eigenvalue weighted by Crippen LogP contribution is -2.61. The van der Waals surface area contributed by atoms with Crippen molar-refractivity contribution in [1.29, 1.82) is 0 Å². The van der Waals surface area contributed by atoms with Gasteiger partial charge in [-0.05, 0) is 78.2 Å². The van der Waals surface area contributed by atoms with Crippen LogP contribution in [0.25, 0.3) is 0 Å². The summed E-state index contributed by atoms with van der Waals surface area (Å²) in [5.74, 6) is -3.34. The van der Waals surface area contributed by atoms with Gasteiger partial charge in [-0.25, -0.2) is 0 Å². The Labute approximate surface area is 356 Å². The number of thioether (sulfide) groups is 2. The van der Waals surface area contributed by atoms with Gasteiger partial charge in [-0.3, -0.25) is 38.6 Å². The highest BCUT2D eigenvalue weighted by atomic mass is 32.2. The maximum absolute atomic E-state index is 14.1. The summed E-state index contributed by atoms with van der Waals surface area (Å²) in [5.41, 5.74) is 3.29. The number of rotatable bonds is 4. The summed E-state index contributed by atoms with van der Waals surface area (Å²) in [7, 11) is 3.62. The average Bonchev–Trinajstić information content (AvgIpc) is 4.01. The predicted molar refractivity (Wildman–Crippen MR) is 227 cm³/mol. The Hall–Kier alpha value is -5.28. The molecule has 0 radical (unpaired) electrons. The summed E-state index contributed by atoms with van der Waals surface area (Å²) in [5, 5.41) is 5.93. The Kier molecular flexibility index (Phi) is 9.47. The van der Waals surface area contributed by atoms with Crippen LogP contribution in [0.1, 0.15) is 56.8 Å². The van der Waals surface area contributed by atoms with E-state index in [0.29, 0.717) is 22.5 Å². The number of carbonyl (C=O) groups is 6. The van der Waals surface area contributed by atoms with Crippen molar-refractivity contribution in [3.8, 4) is 0 Å². The van der Waals surface area contributed by atoms with Gasteiger partial charge in [0.25, 0.3) is 11.8 Å². The van der Waals surface area contributed by atoms with Gasteiger partial charge < -0.3 is 20.1 Å². The molecule has 4 aromatic rings. The molecule has 2 N–H and O–H groups in total. The molecule has 4 aromatic carbocycles. The molecule has 2 saturated heterocycles. The van der Waals surface area contributed by atoms with Crippen molar-refractivity contribution in [1.82, 2.24) is 9.80 Å². The molecule has 0 bridgehead atoms. The smallest absolute Gasteiger partial charge is 0.312 e. The lowest BCUT2D eigenvalue weighted by Gasteiger charge is -2.41. The zero-order valence-electron chi connectivity index (χ0n) is 34.0. The van der Waals surface area contributed by atoms with Crippen LogP contribution in [0, 0.1) is 25.7 Å². The molecule has 6 atom stereocenters. The normalized spacial score (nSPS) is 29.4. The van der Waals surface area contributed by atoms with Crippen LogP contribution in [0.4, 0.5) is 11.4 Å². The van der Waals surface area contributed by atoms with E-state index in [2.05, 4.69) is 10.6 Å². The second-order valence-electron chi connectivity index (χ2n) is 16.1. The first-order chi connectivity index (χ1) is 28.7. The highest BCUT2D eigenvalue weighted by Crippen LogP contribution is 2.67. The Morgan fingerprint density at radius 1 is 0.633 bits per heavy atom. The largest absolute Gasteiger partial charge is 0.466 e. The lowest BCUT2D eigenvalue weighted by atomic mass is 9.71. The molecule has 14 heteroatoms. The number of aryl methyl sites for hydroxylation is 2. The fourth-order valence-electron chi connectivity index (χ4n) is 10.7. The Morgan fingerprint density at radius 3 is 1.40 bits per heavy atom. The summed E-state index contributed by atoms with van der Waals surface area (Å²) in [4.78, 5) is 87.1. The third kappa shape index (κ3) is 4.95. The molecule has 0 unspecified atom stereocenters. The molecule has 0 aromatic heterocycles. The summed E-state index contributed by atoms with van der Waals surface area (Å²) in [6, 6.07) is 26.3. The van der Waals surface area contributed by atoms with E-state index in [1.165, 1.54) is 23.5 Å². The molecular weight excluding hydrogens is 801 g/mol. The number of ketones is 2. The van der Waals surface area contributed by atoms with Crippen molar-refractivity contribution in [2.75, 3.05) is 51.0 Å². The van der Waals surface area contributed by atoms with Gasteiger partial charge in [0.2, 0.25) is 0 Å². The van der Waals surface area contributed by atoms with Gasteiger partial charge in [0.05, 0.1) is 25.0 Å². The van der Waals surface area contributed by atoms with Crippen LogP contribution >= 0.6 is 23.5 Å². The van der Waals surface area contributed by atoms with Crippen molar-refractivity contribution in [2.24, 2.45) is 11.8 Å². The number of ether oxygens (including phenoxy) is 2. The highest BCUT2D eigenvalue weighted by Gasteiger charge is 2.79. The fraction of sp³-hybridized carbons (Fsp3) is 0.348. The van der Waals surface area contributed by atoms with E-state index in [9.17, 15) is 28.8 Å². The van der Waals surface area contributed by atoms with Crippen LogP contribution in [0.2, 0.25) is 0 Å². The predicted octanol–water partition coefficient (Wildman–Crippen LogP) is 5.99. The first-order valence-corrected chi connectivity index (χ1v) is 21.7. The molecule has 2 fully saturated rings. The van der Waals surface area contributed by atoms with Crippen LogP contribution in [0.3, 0.4) is 0 Å². The van der Waals surface area contributed by atoms with Gasteiger partial charge in [0, 0.05) is 56.5 Å². The lowest BCUT2D eigenvalue weighted by molar-refractivity contribution is -0.149. The monoisotopic (exact) mass is 844 g/mol. The SMILES string of the molecule is CCOC(=O)[C@@H]1CN(C)[C@@]2(C(=O)Nc3ccccc32)[C@]12Sc1ccc(C)cc1C2=O.CCOC(=O)[C@H]1CN(C)[C@]2(C(=O)Nc3ccccc32)[C@@]12Sc1ccc(C)cc1C2=O. The molecule has 308 valence electrons. The highest BCUT2D eigenvalue weighted by molar-refractivity contribution is 8.02. The molecule has 6 aliphatic heterocycles. The number of amides is 2. The van der Waals surface area contributed by atoms with E-state index in [1.54, 1.807) is 13.8 Å². The first kappa shape index (κ1) is 40.1. The number of Topliss-reactive ketones (excluding diaryl/α,β-unsaturated/α-hetero) is 2. The number of nitrogens with zero attached hydrogens (tertiary/aromatic N) is 2. The van der Waals surface area contributed by atoms with Crippen LogP contribution in [0.15, 0.2) is 94.7 Å². The van der Waals surface area contributed by atoms with Crippen molar-refractivity contribution in [2.45, 2.75) is 58.1 Å². The molecular formula is C46H44N4O8S2. The minimum atomic E-state index is -1.33. The number of benzene rings is 4. The fourth-order valence-corrected chi connectivity index (χ4v) is 14.2. The maximum atomic E-state index is 14.1. The van der Waals surface area contributed by atoms with Gasteiger partial charge in [-0.1, -0.05) is 59.7 Å². The van der Waals surface area contributed by atoms with Gasteiger partial charge in [0.1, 0.15) is 9.49 Å². The molecule has 2 amide bonds. The molecule has 0 saturated carbocycles. The van der Waals surface area contributed by atoms with Crippen LogP contribution in [-0.4, -0.2) is 95.0 Å². The minimum Gasteiger partial charge on any atom is -0.466 e. The second kappa shape index (κ2) is 14.2. The number of fused-ring (bicyclic) bond motifs is 8. The molecule has 10 rings (SSSR count). The molecule has 6 heterocycles. The van der Waals surface area contributed by atoms with Gasteiger partial charge >= 0.3 is 11.9 Å². The van der Waals surface area contributed by atoms with Crippen molar-refractivity contribution < 1.29 is 38.2 Å². The maximum Gasteiger partial charge on any atom is 0.312 e. The zero-order chi connectivity index (χ0) is 42.5. The van der Waals surface area contributed by atoms with E-state index in [0.717, 1.165) is 32.0 Å². The van der Waals surface area contributed by atoms with Crippen LogP contribution in [0.5, 0.6) is 0 Å². The number of esters is 2. The number of para-hydroxylation sites is 2. The van der Waals surface area contributed by atoms with Crippen molar-refractivity contribution in [3.05, 3.63) is 118 Å². The van der Waals surface area contributed by atoms with Crippen molar-refractivity contribution >= 4 is 70.2 Å². The number of hydrogen-bond donors (Lipinski definition) is 2. The number of nitrogens with one attached hydrogen (secondary N) is 2. The Morgan fingerprint density at radius 2 is 1.02 bits per heavy atom. The third-order valence-electron chi connectivity index (χ3n) is 13.0. The quantitative estimate of drug-likeness (QED) is 0.233. The summed E-state index contributed by atoms with van der Waals surface area (Å²) in [6.45, 7) is 8.31. The number of likely N-dealkylation sites (N-methyl/N-ethyl adjacent to an activating group) is 2. The van der Waals surface area contributed by atoms with E-state index in [4.69, 9.17) is 9.47 Å². The topological polar surface area (TPSA) is 151 Å². The van der Waals surface area contributed by atoms with E-state index < -0.39 is 44.3 Å². The first-order valence-electron chi connectivity index (χ1n) is 20.0. The Bertz CT molecular complexity index is 2410. The number of anilines is 2. The summed E-state index contributed by atoms with van der Waals surface area (Å²) in [6.07, 6.45) is 0. The summed E-state index contributed by atoms with van der Waals surface area (Å²) < 4.78 is 8.12. The molecule has 4 spiro atoms. The van der Waals surface area contributed by atoms with E-state index >= 15 is 0 Å². The molecule has 12 nitrogen and oxygen atoms in total. The number of likely N-dealkylation sites (tertiary alicyclic amines) is 2. The van der Waals surface area contributed by atoms with Gasteiger partial charge in [-0.2, -0.15) is 0 Å². The zero-order valence-corrected chi connectivity index (χ0v) is 35.7. The molecule has 60 heavy (non-hydrogen) atoms. The average molecular weight is 845 g/mol. The standard InChI is InChI=1S/2C23H22N2O4S/c2*1-4-29-20(27)16-12-25(3)22(15-7-5-6-8-17(15)24-21(22)28)23(16)19(26)14-11-13(2)9-10-18(14)30-23/h2*5-11,16H,4,12H2,1-3H3,(H,24,28)/t2*16-,22-,23-/m10/s1. The van der Waals surface area contributed by atoms with Crippen LogP contribution < -0.4 is 10.6 Å². The van der Waals surface area contributed by atoms with E-state index in [1.807, 2.05) is 123 Å². The molecule has 0 aliphatic carbocycles. The minimum absolute atomic E-state index is 0.180. The number of hydrogen-bond acceptors (Lipinski definition) is 12. The molecule has 6 aliphatic rings.